The Morgan fingerprint density at radius 2 is 2.46 bits per heavy atom. The maximum Gasteiger partial charge on any atom is 0.124 e. The van der Waals surface area contributed by atoms with Gasteiger partial charge in [0, 0.05) is 6.42 Å². The Morgan fingerprint density at radius 1 is 1.69 bits per heavy atom. The molecule has 0 aliphatic heterocycles. The SMILES string of the molecule is C/C(=C\C1=CCC(C)CC1)CC=O. The third-order valence-electron chi connectivity index (χ3n) is 2.55. The first-order chi connectivity index (χ1) is 6.22. The number of carbonyl (C=O) groups excluding carboxylic acids is 1. The minimum Gasteiger partial charge on any atom is -0.303 e. The average molecular weight is 178 g/mol. The zero-order valence-corrected chi connectivity index (χ0v) is 8.55. The van der Waals surface area contributed by atoms with E-state index < -0.39 is 0 Å². The Kier molecular flexibility index (Phi) is 3.94. The number of rotatable bonds is 3. The molecule has 13 heavy (non-hydrogen) atoms. The summed E-state index contributed by atoms with van der Waals surface area (Å²) in [5.74, 6) is 0.837. The number of hydrogen-bond donors (Lipinski definition) is 0. The predicted molar refractivity (Wildman–Crippen MR) is 55.5 cm³/mol. The summed E-state index contributed by atoms with van der Waals surface area (Å²) in [4.78, 5) is 10.2. The summed E-state index contributed by atoms with van der Waals surface area (Å²) in [6.45, 7) is 4.31. The fraction of sp³-hybridized carbons (Fsp3) is 0.583. The summed E-state index contributed by atoms with van der Waals surface area (Å²) in [5, 5.41) is 0. The molecule has 0 spiro atoms. The van der Waals surface area contributed by atoms with E-state index in [0.717, 1.165) is 12.2 Å². The molecule has 72 valence electrons. The Hall–Kier alpha value is -0.850. The van der Waals surface area contributed by atoms with Gasteiger partial charge in [0.25, 0.3) is 0 Å². The second kappa shape index (κ2) is 5.00. The highest BCUT2D eigenvalue weighted by Crippen LogP contribution is 2.24. The van der Waals surface area contributed by atoms with Gasteiger partial charge in [0.15, 0.2) is 0 Å². The minimum absolute atomic E-state index is 0.576. The van der Waals surface area contributed by atoms with Gasteiger partial charge < -0.3 is 4.79 Å². The van der Waals surface area contributed by atoms with Crippen LogP contribution in [0.5, 0.6) is 0 Å². The first kappa shape index (κ1) is 10.2. The van der Waals surface area contributed by atoms with Crippen molar-refractivity contribution >= 4 is 6.29 Å². The topological polar surface area (TPSA) is 17.1 Å². The fourth-order valence-electron chi connectivity index (χ4n) is 1.62. The lowest BCUT2D eigenvalue weighted by molar-refractivity contribution is -0.107. The molecule has 0 aromatic carbocycles. The molecule has 1 atom stereocenters. The zero-order chi connectivity index (χ0) is 9.68. The van der Waals surface area contributed by atoms with Gasteiger partial charge >= 0.3 is 0 Å². The Bertz CT molecular complexity index is 236. The quantitative estimate of drug-likeness (QED) is 0.606. The van der Waals surface area contributed by atoms with Gasteiger partial charge in [0.05, 0.1) is 0 Å². The molecule has 0 aromatic rings. The van der Waals surface area contributed by atoms with E-state index in [9.17, 15) is 4.79 Å². The monoisotopic (exact) mass is 178 g/mol. The molecule has 0 N–H and O–H groups in total. The van der Waals surface area contributed by atoms with E-state index in [4.69, 9.17) is 0 Å². The average Bonchev–Trinajstić information content (AvgIpc) is 2.09. The van der Waals surface area contributed by atoms with Crippen molar-refractivity contribution in [2.45, 2.75) is 39.5 Å². The highest BCUT2D eigenvalue weighted by molar-refractivity contribution is 5.54. The van der Waals surface area contributed by atoms with Gasteiger partial charge in [-0.2, -0.15) is 0 Å². The summed E-state index contributed by atoms with van der Waals surface area (Å²) >= 11 is 0. The van der Waals surface area contributed by atoms with Crippen LogP contribution in [0, 0.1) is 5.92 Å². The molecule has 0 saturated heterocycles. The fourth-order valence-corrected chi connectivity index (χ4v) is 1.62. The molecule has 0 radical (unpaired) electrons. The van der Waals surface area contributed by atoms with Crippen LogP contribution in [0.15, 0.2) is 23.3 Å². The molecular weight excluding hydrogens is 160 g/mol. The summed E-state index contributed by atoms with van der Waals surface area (Å²) in [5.41, 5.74) is 2.59. The van der Waals surface area contributed by atoms with Gasteiger partial charge in [-0.25, -0.2) is 0 Å². The van der Waals surface area contributed by atoms with Crippen molar-refractivity contribution in [1.29, 1.82) is 0 Å². The molecule has 0 bridgehead atoms. The van der Waals surface area contributed by atoms with Gasteiger partial charge in [-0.3, -0.25) is 0 Å². The van der Waals surface area contributed by atoms with E-state index in [1.165, 1.54) is 30.4 Å². The van der Waals surface area contributed by atoms with Crippen molar-refractivity contribution < 1.29 is 4.79 Å². The molecule has 1 rings (SSSR count). The van der Waals surface area contributed by atoms with Crippen molar-refractivity contribution in [3.8, 4) is 0 Å². The van der Waals surface area contributed by atoms with Gasteiger partial charge in [0.2, 0.25) is 0 Å². The van der Waals surface area contributed by atoms with E-state index in [-0.39, 0.29) is 0 Å². The van der Waals surface area contributed by atoms with E-state index in [0.29, 0.717) is 6.42 Å². The van der Waals surface area contributed by atoms with Gasteiger partial charge in [0.1, 0.15) is 6.29 Å². The lowest BCUT2D eigenvalue weighted by Crippen LogP contribution is -2.00. The molecule has 1 heteroatoms. The normalized spacial score (nSPS) is 24.0. The van der Waals surface area contributed by atoms with Crippen LogP contribution in [0.1, 0.15) is 39.5 Å². The highest BCUT2D eigenvalue weighted by Gasteiger charge is 2.07. The first-order valence-corrected chi connectivity index (χ1v) is 5.02. The molecule has 1 nitrogen and oxygen atoms in total. The summed E-state index contributed by atoms with van der Waals surface area (Å²) < 4.78 is 0. The second-order valence-electron chi connectivity index (χ2n) is 4.02. The number of allylic oxidation sites excluding steroid dienone is 4. The van der Waals surface area contributed by atoms with Crippen LogP contribution < -0.4 is 0 Å². The molecule has 0 aromatic heterocycles. The summed E-state index contributed by atoms with van der Waals surface area (Å²) in [6, 6.07) is 0. The molecule has 0 amide bonds. The summed E-state index contributed by atoms with van der Waals surface area (Å²) in [7, 11) is 0. The number of aldehydes is 1. The van der Waals surface area contributed by atoms with Crippen molar-refractivity contribution in [2.75, 3.05) is 0 Å². The van der Waals surface area contributed by atoms with Crippen molar-refractivity contribution in [1.82, 2.24) is 0 Å². The van der Waals surface area contributed by atoms with Crippen LogP contribution in [-0.4, -0.2) is 6.29 Å². The number of carbonyl (C=O) groups is 1. The molecule has 1 aliphatic carbocycles. The second-order valence-corrected chi connectivity index (χ2v) is 4.02. The molecule has 0 saturated carbocycles. The Morgan fingerprint density at radius 3 is 3.00 bits per heavy atom. The Balaban J connectivity index is 2.53. The van der Waals surface area contributed by atoms with Crippen LogP contribution in [0.3, 0.4) is 0 Å². The molecule has 0 fully saturated rings. The maximum atomic E-state index is 10.2. The third-order valence-corrected chi connectivity index (χ3v) is 2.55. The van der Waals surface area contributed by atoms with E-state index in [1.807, 2.05) is 6.92 Å². The lowest BCUT2D eigenvalue weighted by atomic mass is 9.90. The smallest absolute Gasteiger partial charge is 0.124 e. The number of hydrogen-bond acceptors (Lipinski definition) is 1. The molecule has 0 heterocycles. The lowest BCUT2D eigenvalue weighted by Gasteiger charge is -2.16. The highest BCUT2D eigenvalue weighted by atomic mass is 16.1. The van der Waals surface area contributed by atoms with Crippen LogP contribution in [-0.2, 0) is 4.79 Å². The van der Waals surface area contributed by atoms with Crippen molar-refractivity contribution in [3.05, 3.63) is 23.3 Å². The van der Waals surface area contributed by atoms with E-state index in [2.05, 4.69) is 19.1 Å². The third kappa shape index (κ3) is 3.58. The Labute approximate surface area is 80.5 Å². The first-order valence-electron chi connectivity index (χ1n) is 5.02. The van der Waals surface area contributed by atoms with E-state index >= 15 is 0 Å². The van der Waals surface area contributed by atoms with Gasteiger partial charge in [-0.1, -0.05) is 30.2 Å². The molecular formula is C12H18O. The van der Waals surface area contributed by atoms with Crippen molar-refractivity contribution in [3.63, 3.8) is 0 Å². The molecule has 1 aliphatic rings. The van der Waals surface area contributed by atoms with Crippen molar-refractivity contribution in [2.24, 2.45) is 5.92 Å². The van der Waals surface area contributed by atoms with Gasteiger partial charge in [-0.15, -0.1) is 0 Å². The molecule has 1 unspecified atom stereocenters. The predicted octanol–water partition coefficient (Wildman–Crippen LogP) is 3.27. The summed E-state index contributed by atoms with van der Waals surface area (Å²) in [6.07, 6.45) is 9.68. The van der Waals surface area contributed by atoms with Crippen LogP contribution in [0.4, 0.5) is 0 Å². The standard InChI is InChI=1S/C12H18O/c1-10-3-5-12(6-4-10)9-11(2)7-8-13/h5,8-10H,3-4,6-7H2,1-2H3/b11-9+. The van der Waals surface area contributed by atoms with Gasteiger partial charge in [-0.05, 0) is 32.1 Å². The van der Waals surface area contributed by atoms with Crippen LogP contribution >= 0.6 is 0 Å². The van der Waals surface area contributed by atoms with E-state index in [1.54, 1.807) is 0 Å². The van der Waals surface area contributed by atoms with Crippen LogP contribution in [0.25, 0.3) is 0 Å². The minimum atomic E-state index is 0.576. The zero-order valence-electron chi connectivity index (χ0n) is 8.55. The maximum absolute atomic E-state index is 10.2. The largest absolute Gasteiger partial charge is 0.303 e. The van der Waals surface area contributed by atoms with Crippen LogP contribution in [0.2, 0.25) is 0 Å².